The SMILES string of the molecule is COc1cccc([C@H]2SCCN2C(=O)c2ccco2)c1OC. The van der Waals surface area contributed by atoms with E-state index < -0.39 is 0 Å². The molecule has 0 N–H and O–H groups in total. The Hall–Kier alpha value is -2.08. The van der Waals surface area contributed by atoms with Crippen LogP contribution in [0.25, 0.3) is 0 Å². The highest BCUT2D eigenvalue weighted by Gasteiger charge is 2.34. The molecule has 6 heteroatoms. The third-order valence-corrected chi connectivity index (χ3v) is 4.83. The Bertz CT molecular complexity index is 656. The number of nitrogens with zero attached hydrogens (tertiary/aromatic N) is 1. The van der Waals surface area contributed by atoms with Gasteiger partial charge in [-0.25, -0.2) is 0 Å². The molecule has 2 aromatic rings. The first-order chi connectivity index (χ1) is 10.8. The van der Waals surface area contributed by atoms with Crippen molar-refractivity contribution in [1.82, 2.24) is 4.90 Å². The second kappa shape index (κ2) is 6.36. The standard InChI is InChI=1S/C16H17NO4S/c1-19-12-6-3-5-11(14(12)20-2)16-17(8-10-22-16)15(18)13-7-4-9-21-13/h3-7,9,16H,8,10H2,1-2H3/t16-/m1/s1. The summed E-state index contributed by atoms with van der Waals surface area (Å²) in [4.78, 5) is 14.4. The van der Waals surface area contributed by atoms with Gasteiger partial charge in [-0.05, 0) is 18.2 Å². The van der Waals surface area contributed by atoms with Gasteiger partial charge in [0.2, 0.25) is 0 Å². The zero-order valence-electron chi connectivity index (χ0n) is 12.4. The molecule has 1 aromatic heterocycles. The Morgan fingerprint density at radius 3 is 2.82 bits per heavy atom. The molecule has 1 atom stereocenters. The van der Waals surface area contributed by atoms with E-state index in [4.69, 9.17) is 13.9 Å². The number of carbonyl (C=O) groups is 1. The maximum atomic E-state index is 12.6. The molecule has 1 fully saturated rings. The lowest BCUT2D eigenvalue weighted by Crippen LogP contribution is -2.30. The summed E-state index contributed by atoms with van der Waals surface area (Å²) in [7, 11) is 3.22. The van der Waals surface area contributed by atoms with E-state index in [0.717, 1.165) is 11.3 Å². The van der Waals surface area contributed by atoms with E-state index in [9.17, 15) is 4.79 Å². The van der Waals surface area contributed by atoms with Gasteiger partial charge in [-0.15, -0.1) is 11.8 Å². The second-order valence-electron chi connectivity index (χ2n) is 4.78. The van der Waals surface area contributed by atoms with Crippen LogP contribution in [0.1, 0.15) is 21.5 Å². The lowest BCUT2D eigenvalue weighted by molar-refractivity contribution is 0.0727. The zero-order chi connectivity index (χ0) is 15.5. The van der Waals surface area contributed by atoms with Crippen LogP contribution < -0.4 is 9.47 Å². The Balaban J connectivity index is 1.95. The molecule has 1 saturated heterocycles. The number of hydrogen-bond donors (Lipinski definition) is 0. The van der Waals surface area contributed by atoms with Gasteiger partial charge in [0, 0.05) is 17.9 Å². The Labute approximate surface area is 133 Å². The van der Waals surface area contributed by atoms with Crippen molar-refractivity contribution in [2.45, 2.75) is 5.37 Å². The molecule has 116 valence electrons. The molecule has 0 spiro atoms. The van der Waals surface area contributed by atoms with Gasteiger partial charge in [-0.3, -0.25) is 4.79 Å². The molecule has 22 heavy (non-hydrogen) atoms. The predicted molar refractivity (Wildman–Crippen MR) is 84.5 cm³/mol. The molecular weight excluding hydrogens is 302 g/mol. The van der Waals surface area contributed by atoms with E-state index in [1.807, 2.05) is 18.2 Å². The Kier molecular flexibility index (Phi) is 4.29. The van der Waals surface area contributed by atoms with Crippen LogP contribution in [0.3, 0.4) is 0 Å². The highest BCUT2D eigenvalue weighted by atomic mass is 32.2. The first kappa shape index (κ1) is 14.8. The Morgan fingerprint density at radius 2 is 2.14 bits per heavy atom. The van der Waals surface area contributed by atoms with Crippen LogP contribution in [-0.4, -0.2) is 37.3 Å². The molecule has 0 aliphatic carbocycles. The van der Waals surface area contributed by atoms with Crippen molar-refractivity contribution < 1.29 is 18.7 Å². The van der Waals surface area contributed by atoms with Crippen molar-refractivity contribution in [2.24, 2.45) is 0 Å². The average Bonchev–Trinajstić information content (AvgIpc) is 3.24. The fourth-order valence-corrected chi connectivity index (χ4v) is 3.86. The molecule has 1 amide bonds. The first-order valence-corrected chi connectivity index (χ1v) is 7.98. The molecular formula is C16H17NO4S. The summed E-state index contributed by atoms with van der Waals surface area (Å²) in [6, 6.07) is 9.13. The van der Waals surface area contributed by atoms with Gasteiger partial charge in [0.15, 0.2) is 17.3 Å². The van der Waals surface area contributed by atoms with Gasteiger partial charge in [0.1, 0.15) is 5.37 Å². The smallest absolute Gasteiger partial charge is 0.290 e. The second-order valence-corrected chi connectivity index (χ2v) is 5.97. The van der Waals surface area contributed by atoms with Crippen LogP contribution in [0.4, 0.5) is 0 Å². The van der Waals surface area contributed by atoms with Crippen molar-refractivity contribution in [3.8, 4) is 11.5 Å². The van der Waals surface area contributed by atoms with E-state index in [0.29, 0.717) is 23.8 Å². The van der Waals surface area contributed by atoms with Crippen molar-refractivity contribution in [2.75, 3.05) is 26.5 Å². The molecule has 0 bridgehead atoms. The summed E-state index contributed by atoms with van der Waals surface area (Å²) in [5, 5.41) is -0.109. The van der Waals surface area contributed by atoms with Crippen LogP contribution in [0.5, 0.6) is 11.5 Å². The van der Waals surface area contributed by atoms with Gasteiger partial charge in [0.05, 0.1) is 20.5 Å². The number of rotatable bonds is 4. The van der Waals surface area contributed by atoms with Crippen molar-refractivity contribution in [3.63, 3.8) is 0 Å². The van der Waals surface area contributed by atoms with Crippen molar-refractivity contribution in [3.05, 3.63) is 47.9 Å². The summed E-state index contributed by atoms with van der Waals surface area (Å²) in [6.45, 7) is 0.676. The highest BCUT2D eigenvalue weighted by Crippen LogP contribution is 2.45. The van der Waals surface area contributed by atoms with Gasteiger partial charge >= 0.3 is 0 Å². The number of ether oxygens (including phenoxy) is 2. The number of methoxy groups -OCH3 is 2. The number of thioether (sulfide) groups is 1. The van der Waals surface area contributed by atoms with Crippen LogP contribution >= 0.6 is 11.8 Å². The average molecular weight is 319 g/mol. The molecule has 5 nitrogen and oxygen atoms in total. The zero-order valence-corrected chi connectivity index (χ0v) is 13.3. The highest BCUT2D eigenvalue weighted by molar-refractivity contribution is 7.99. The molecule has 1 aliphatic heterocycles. The van der Waals surface area contributed by atoms with E-state index in [-0.39, 0.29) is 11.3 Å². The van der Waals surface area contributed by atoms with Gasteiger partial charge in [-0.1, -0.05) is 12.1 Å². The molecule has 0 unspecified atom stereocenters. The number of benzene rings is 1. The molecule has 3 rings (SSSR count). The number of para-hydroxylation sites is 1. The number of furan rings is 1. The molecule has 1 aromatic carbocycles. The van der Waals surface area contributed by atoms with E-state index in [1.165, 1.54) is 6.26 Å². The van der Waals surface area contributed by atoms with Gasteiger partial charge in [0.25, 0.3) is 5.91 Å². The maximum Gasteiger partial charge on any atom is 0.290 e. The fourth-order valence-electron chi connectivity index (χ4n) is 2.58. The van der Waals surface area contributed by atoms with E-state index >= 15 is 0 Å². The summed E-state index contributed by atoms with van der Waals surface area (Å²) in [5.41, 5.74) is 0.934. The maximum absolute atomic E-state index is 12.6. The summed E-state index contributed by atoms with van der Waals surface area (Å²) >= 11 is 1.71. The van der Waals surface area contributed by atoms with Gasteiger partial charge < -0.3 is 18.8 Å². The topological polar surface area (TPSA) is 51.9 Å². The third-order valence-electron chi connectivity index (χ3n) is 3.58. The van der Waals surface area contributed by atoms with Crippen LogP contribution in [0.15, 0.2) is 41.0 Å². The minimum absolute atomic E-state index is 0.107. The normalized spacial score (nSPS) is 17.5. The molecule has 0 radical (unpaired) electrons. The van der Waals surface area contributed by atoms with Crippen LogP contribution in [0, 0.1) is 0 Å². The van der Waals surface area contributed by atoms with E-state index in [2.05, 4.69) is 0 Å². The monoisotopic (exact) mass is 319 g/mol. The largest absolute Gasteiger partial charge is 0.493 e. The van der Waals surface area contributed by atoms with Crippen molar-refractivity contribution >= 4 is 17.7 Å². The fraction of sp³-hybridized carbons (Fsp3) is 0.312. The molecule has 2 heterocycles. The molecule has 1 aliphatic rings. The quantitative estimate of drug-likeness (QED) is 0.866. The third kappa shape index (κ3) is 2.54. The Morgan fingerprint density at radius 1 is 1.27 bits per heavy atom. The summed E-state index contributed by atoms with van der Waals surface area (Å²) in [6.07, 6.45) is 1.51. The van der Waals surface area contributed by atoms with Crippen molar-refractivity contribution in [1.29, 1.82) is 0 Å². The van der Waals surface area contributed by atoms with Crippen LogP contribution in [0.2, 0.25) is 0 Å². The first-order valence-electron chi connectivity index (χ1n) is 6.93. The summed E-state index contributed by atoms with van der Waals surface area (Å²) < 4.78 is 16.1. The van der Waals surface area contributed by atoms with Gasteiger partial charge in [-0.2, -0.15) is 0 Å². The predicted octanol–water partition coefficient (Wildman–Crippen LogP) is 3.18. The lowest BCUT2D eigenvalue weighted by Gasteiger charge is -2.25. The number of carbonyl (C=O) groups excluding carboxylic acids is 1. The van der Waals surface area contributed by atoms with E-state index in [1.54, 1.807) is 43.0 Å². The summed E-state index contributed by atoms with van der Waals surface area (Å²) in [5.74, 6) is 2.45. The minimum atomic E-state index is -0.109. The number of amides is 1. The van der Waals surface area contributed by atoms with Crippen LogP contribution in [-0.2, 0) is 0 Å². The lowest BCUT2D eigenvalue weighted by atomic mass is 10.1. The number of hydrogen-bond acceptors (Lipinski definition) is 5. The molecule has 0 saturated carbocycles. The minimum Gasteiger partial charge on any atom is -0.493 e.